The van der Waals surface area contributed by atoms with Crippen molar-refractivity contribution < 1.29 is 5.76 Å². The minimum absolute atomic E-state index is 0.206. The Bertz CT molecular complexity index is 1490. The molecule has 0 fully saturated rings. The Morgan fingerprint density at radius 3 is 2.44 bits per heavy atom. The zero-order valence-electron chi connectivity index (χ0n) is 19.7. The third-order valence-corrected chi connectivity index (χ3v) is 10.0. The zero-order chi connectivity index (χ0) is 23.4. The number of benzene rings is 3. The van der Waals surface area contributed by atoms with E-state index in [0.717, 1.165) is 42.6 Å². The van der Waals surface area contributed by atoms with Crippen LogP contribution in [0.15, 0.2) is 79.0 Å². The number of thiophene rings is 1. The minimum atomic E-state index is -1.77. The van der Waals surface area contributed by atoms with Gasteiger partial charge in [0.2, 0.25) is 0 Å². The van der Waals surface area contributed by atoms with Gasteiger partial charge in [-0.15, -0.1) is 11.3 Å². The quantitative estimate of drug-likeness (QED) is 0.246. The van der Waals surface area contributed by atoms with Crippen molar-refractivity contribution >= 4 is 39.6 Å². The lowest BCUT2D eigenvalue weighted by Crippen LogP contribution is -2.28. The number of halogens is 1. The van der Waals surface area contributed by atoms with Crippen molar-refractivity contribution in [2.75, 3.05) is 0 Å². The molecule has 0 saturated carbocycles. The molecule has 0 N–H and O–H groups in total. The van der Waals surface area contributed by atoms with E-state index in [-0.39, 0.29) is 5.82 Å². The highest BCUT2D eigenvalue weighted by atomic mass is 32.1. The van der Waals surface area contributed by atoms with Gasteiger partial charge >= 0.3 is 0 Å². The first-order chi connectivity index (χ1) is 15.7. The van der Waals surface area contributed by atoms with Gasteiger partial charge in [0.25, 0.3) is 0 Å². The second-order valence-electron chi connectivity index (χ2n) is 9.28. The summed E-state index contributed by atoms with van der Waals surface area (Å²) in [4.78, 5) is 4.67. The summed E-state index contributed by atoms with van der Waals surface area (Å²) in [6.45, 7) is 8.70. The molecule has 160 valence electrons. The van der Waals surface area contributed by atoms with Crippen LogP contribution in [-0.2, 0) is 0 Å². The van der Waals surface area contributed by atoms with Crippen molar-refractivity contribution in [1.29, 1.82) is 0 Å². The maximum absolute atomic E-state index is 15.0. The number of hydrogen-bond acceptors (Lipinski definition) is 2. The van der Waals surface area contributed by atoms with E-state index < -0.39 is 13.6 Å². The van der Waals surface area contributed by atoms with Crippen LogP contribution in [0.4, 0.5) is 4.39 Å². The standard InChI is InChI=1S/C28H26FNSSi/c1-18(32(2,3)4)20-13-14-30-26(15-20)22-12-8-11-21-24-16-23(19-9-6-5-7-10-19)25(29)17-27(24)31-28(21)22/h5-18H,1-4H3/i18D. The summed E-state index contributed by atoms with van der Waals surface area (Å²) in [6.07, 6.45) is 1.82. The van der Waals surface area contributed by atoms with Gasteiger partial charge in [0.15, 0.2) is 0 Å². The highest BCUT2D eigenvalue weighted by Crippen LogP contribution is 2.42. The fourth-order valence-corrected chi connectivity index (χ4v) is 6.36. The van der Waals surface area contributed by atoms with Gasteiger partial charge in [-0.05, 0) is 40.9 Å². The lowest BCUT2D eigenvalue weighted by molar-refractivity contribution is 0.633. The zero-order valence-corrected chi connectivity index (χ0v) is 20.6. The molecule has 0 saturated heterocycles. The highest BCUT2D eigenvalue weighted by molar-refractivity contribution is 7.26. The van der Waals surface area contributed by atoms with Crippen molar-refractivity contribution in [2.24, 2.45) is 0 Å². The molecule has 0 radical (unpaired) electrons. The lowest BCUT2D eigenvalue weighted by Gasteiger charge is -2.25. The van der Waals surface area contributed by atoms with E-state index >= 15 is 4.39 Å². The van der Waals surface area contributed by atoms with Crippen LogP contribution in [0.25, 0.3) is 42.6 Å². The molecule has 0 bridgehead atoms. The van der Waals surface area contributed by atoms with Gasteiger partial charge < -0.3 is 0 Å². The predicted octanol–water partition coefficient (Wildman–Crippen LogP) is 8.90. The fourth-order valence-electron chi connectivity index (χ4n) is 4.10. The molecule has 0 aliphatic carbocycles. The van der Waals surface area contributed by atoms with Crippen LogP contribution in [0.5, 0.6) is 0 Å². The van der Waals surface area contributed by atoms with Crippen LogP contribution in [0.3, 0.4) is 0 Å². The van der Waals surface area contributed by atoms with Crippen molar-refractivity contribution in [3.8, 4) is 22.4 Å². The average molecular weight is 457 g/mol. The van der Waals surface area contributed by atoms with Crippen molar-refractivity contribution in [1.82, 2.24) is 4.98 Å². The smallest absolute Gasteiger partial charge is 0.132 e. The number of fused-ring (bicyclic) bond motifs is 3. The molecule has 0 aliphatic heterocycles. The molecule has 1 unspecified atom stereocenters. The molecule has 2 heterocycles. The number of nitrogens with zero attached hydrogens (tertiary/aromatic N) is 1. The molecular formula is C28H26FNSSi. The van der Waals surface area contributed by atoms with Gasteiger partial charge in [-0.3, -0.25) is 4.98 Å². The van der Waals surface area contributed by atoms with Gasteiger partial charge in [0.1, 0.15) is 5.82 Å². The van der Waals surface area contributed by atoms with Gasteiger partial charge in [0, 0.05) is 38.9 Å². The Morgan fingerprint density at radius 2 is 1.69 bits per heavy atom. The summed E-state index contributed by atoms with van der Waals surface area (Å²) >= 11 is 1.60. The summed E-state index contributed by atoms with van der Waals surface area (Å²) in [7, 11) is -1.77. The maximum Gasteiger partial charge on any atom is 0.132 e. The van der Waals surface area contributed by atoms with E-state index in [1.165, 1.54) is 0 Å². The number of rotatable bonds is 4. The van der Waals surface area contributed by atoms with Crippen LogP contribution in [0.1, 0.15) is 19.4 Å². The Kier molecular flexibility index (Phi) is 4.92. The maximum atomic E-state index is 15.0. The Balaban J connectivity index is 1.70. The largest absolute Gasteiger partial charge is 0.256 e. The van der Waals surface area contributed by atoms with Crippen LogP contribution in [0, 0.1) is 5.82 Å². The van der Waals surface area contributed by atoms with Crippen molar-refractivity contribution in [3.63, 3.8) is 0 Å². The van der Waals surface area contributed by atoms with Crippen LogP contribution >= 0.6 is 11.3 Å². The van der Waals surface area contributed by atoms with Crippen LogP contribution in [-0.4, -0.2) is 13.1 Å². The first-order valence-corrected chi connectivity index (χ1v) is 15.2. The summed E-state index contributed by atoms with van der Waals surface area (Å²) in [5.41, 5.74) is 3.78. The van der Waals surface area contributed by atoms with E-state index in [9.17, 15) is 0 Å². The average Bonchev–Trinajstić information content (AvgIpc) is 3.15. The van der Waals surface area contributed by atoms with E-state index in [1.54, 1.807) is 17.4 Å². The SMILES string of the molecule is [2H]C(C)(c1ccnc(-c2cccc3c2sc2cc(F)c(-c4ccccc4)cc23)c1)[Si](C)(C)C. The fraction of sp³-hybridized carbons (Fsp3) is 0.179. The third kappa shape index (κ3) is 3.68. The number of aromatic nitrogens is 1. The Hall–Kier alpha value is -2.82. The monoisotopic (exact) mass is 456 g/mol. The minimum Gasteiger partial charge on any atom is -0.256 e. The summed E-state index contributed by atoms with van der Waals surface area (Å²) in [5, 5.41) is 2.16. The van der Waals surface area contributed by atoms with Crippen molar-refractivity contribution in [2.45, 2.75) is 32.1 Å². The molecule has 32 heavy (non-hydrogen) atoms. The first-order valence-electron chi connectivity index (χ1n) is 11.3. The Labute approximate surface area is 195 Å². The summed E-state index contributed by atoms with van der Waals surface area (Å²) in [5.74, 6) is -0.206. The molecule has 5 rings (SSSR count). The topological polar surface area (TPSA) is 12.9 Å². The molecule has 3 aromatic carbocycles. The third-order valence-electron chi connectivity index (χ3n) is 6.27. The van der Waals surface area contributed by atoms with E-state index in [4.69, 9.17) is 1.37 Å². The highest BCUT2D eigenvalue weighted by Gasteiger charge is 2.24. The van der Waals surface area contributed by atoms with E-state index in [0.29, 0.717) is 5.56 Å². The Morgan fingerprint density at radius 1 is 0.906 bits per heavy atom. The predicted molar refractivity (Wildman–Crippen MR) is 140 cm³/mol. The van der Waals surface area contributed by atoms with Crippen LogP contribution in [0.2, 0.25) is 19.6 Å². The molecule has 1 atom stereocenters. The van der Waals surface area contributed by atoms with Crippen molar-refractivity contribution in [3.05, 3.63) is 90.4 Å². The van der Waals surface area contributed by atoms with Crippen LogP contribution < -0.4 is 0 Å². The molecule has 2 aromatic heterocycles. The summed E-state index contributed by atoms with van der Waals surface area (Å²) < 4.78 is 26.1. The molecule has 0 aliphatic rings. The van der Waals surface area contributed by atoms with Gasteiger partial charge in [-0.25, -0.2) is 4.39 Å². The molecule has 0 spiro atoms. The van der Waals surface area contributed by atoms with E-state index in [2.05, 4.69) is 42.8 Å². The molecule has 1 nitrogen and oxygen atoms in total. The van der Waals surface area contributed by atoms with E-state index in [1.807, 2.05) is 61.7 Å². The second kappa shape index (κ2) is 7.95. The lowest BCUT2D eigenvalue weighted by atomic mass is 10.0. The summed E-state index contributed by atoms with van der Waals surface area (Å²) in [6, 6.07) is 23.6. The first kappa shape index (κ1) is 19.8. The normalized spacial score (nSPS) is 14.5. The molecular weight excluding hydrogens is 429 g/mol. The number of pyridine rings is 1. The molecule has 0 amide bonds. The molecule has 5 aromatic rings. The second-order valence-corrected chi connectivity index (χ2v) is 15.6. The van der Waals surface area contributed by atoms with Gasteiger partial charge in [0.05, 0.1) is 13.8 Å². The number of hydrogen-bond donors (Lipinski definition) is 0. The molecule has 4 heteroatoms. The van der Waals surface area contributed by atoms with Gasteiger partial charge in [-0.1, -0.05) is 75.1 Å². The van der Waals surface area contributed by atoms with Gasteiger partial charge in [-0.2, -0.15) is 0 Å².